The summed E-state index contributed by atoms with van der Waals surface area (Å²) in [5.41, 5.74) is 3.04. The molecule has 0 aliphatic carbocycles. The molecule has 0 saturated heterocycles. The van der Waals surface area contributed by atoms with Crippen molar-refractivity contribution in [3.05, 3.63) is 77.0 Å². The number of hydrogen-bond donors (Lipinski definition) is 2. The molecule has 1 heterocycles. The maximum absolute atomic E-state index is 13.9. The van der Waals surface area contributed by atoms with Gasteiger partial charge >= 0.3 is 0 Å². The number of nitrogens with zero attached hydrogens (tertiary/aromatic N) is 2. The topological polar surface area (TPSA) is 59.0 Å². The van der Waals surface area contributed by atoms with Gasteiger partial charge in [-0.05, 0) is 39.0 Å². The molecule has 2 aromatic carbocycles. The van der Waals surface area contributed by atoms with Crippen molar-refractivity contribution < 1.29 is 13.6 Å². The number of amides is 1. The first kappa shape index (κ1) is 19.7. The molecule has 146 valence electrons. The van der Waals surface area contributed by atoms with E-state index in [0.717, 1.165) is 23.0 Å². The van der Waals surface area contributed by atoms with Crippen molar-refractivity contribution in [2.75, 3.05) is 11.9 Å². The zero-order valence-corrected chi connectivity index (χ0v) is 16.0. The van der Waals surface area contributed by atoms with E-state index in [2.05, 4.69) is 15.7 Å². The van der Waals surface area contributed by atoms with Gasteiger partial charge in [0.15, 0.2) is 0 Å². The van der Waals surface area contributed by atoms with E-state index in [-0.39, 0.29) is 12.5 Å². The normalized spacial score (nSPS) is 12.0. The monoisotopic (exact) mass is 384 g/mol. The third-order valence-corrected chi connectivity index (χ3v) is 4.38. The van der Waals surface area contributed by atoms with E-state index in [0.29, 0.717) is 11.4 Å². The van der Waals surface area contributed by atoms with Crippen LogP contribution in [0.25, 0.3) is 5.69 Å². The van der Waals surface area contributed by atoms with Crippen LogP contribution in [0.15, 0.2) is 48.5 Å². The number of aryl methyl sites for hydroxylation is 2. The van der Waals surface area contributed by atoms with Gasteiger partial charge in [0, 0.05) is 23.7 Å². The van der Waals surface area contributed by atoms with Crippen LogP contribution in [0.2, 0.25) is 0 Å². The zero-order valence-electron chi connectivity index (χ0n) is 16.0. The van der Waals surface area contributed by atoms with Crippen LogP contribution in [0, 0.1) is 25.5 Å². The highest BCUT2D eigenvalue weighted by Crippen LogP contribution is 2.19. The smallest absolute Gasteiger partial charge is 0.239 e. The number of aromatic nitrogens is 2. The number of nitrogens with one attached hydrogen (secondary N) is 2. The number of benzene rings is 2. The molecule has 28 heavy (non-hydrogen) atoms. The summed E-state index contributed by atoms with van der Waals surface area (Å²) in [5.74, 6) is -1.02. The molecule has 0 spiro atoms. The average molecular weight is 384 g/mol. The van der Waals surface area contributed by atoms with Gasteiger partial charge in [-0.25, -0.2) is 13.5 Å². The van der Waals surface area contributed by atoms with Crippen LogP contribution >= 0.6 is 0 Å². The Bertz CT molecular complexity index is 983. The molecular weight excluding hydrogens is 362 g/mol. The second-order valence-corrected chi connectivity index (χ2v) is 6.73. The van der Waals surface area contributed by atoms with E-state index >= 15 is 0 Å². The largest absolute Gasteiger partial charge is 0.309 e. The number of rotatable bonds is 6. The molecule has 5 nitrogen and oxygen atoms in total. The lowest BCUT2D eigenvalue weighted by atomic mass is 10.1. The average Bonchev–Trinajstić information content (AvgIpc) is 3.00. The van der Waals surface area contributed by atoms with E-state index in [1.54, 1.807) is 17.7 Å². The Morgan fingerprint density at radius 1 is 1.11 bits per heavy atom. The van der Waals surface area contributed by atoms with Crippen LogP contribution in [0.1, 0.15) is 29.8 Å². The Kier molecular flexibility index (Phi) is 5.84. The van der Waals surface area contributed by atoms with Gasteiger partial charge in [0.05, 0.1) is 17.9 Å². The summed E-state index contributed by atoms with van der Waals surface area (Å²) in [6, 6.07) is 12.5. The first-order chi connectivity index (χ1) is 13.3. The summed E-state index contributed by atoms with van der Waals surface area (Å²) in [6.07, 6.45) is 0. The highest BCUT2D eigenvalue weighted by Gasteiger charge is 2.15. The first-order valence-electron chi connectivity index (χ1n) is 8.95. The van der Waals surface area contributed by atoms with Crippen LogP contribution in [0.3, 0.4) is 0 Å². The molecule has 3 aromatic rings. The number of anilines is 1. The van der Waals surface area contributed by atoms with Crippen LogP contribution in [-0.4, -0.2) is 22.2 Å². The van der Waals surface area contributed by atoms with Crippen LogP contribution in [0.4, 0.5) is 14.6 Å². The summed E-state index contributed by atoms with van der Waals surface area (Å²) in [7, 11) is 0. The van der Waals surface area contributed by atoms with Gasteiger partial charge in [0.1, 0.15) is 17.5 Å². The summed E-state index contributed by atoms with van der Waals surface area (Å²) >= 11 is 0. The van der Waals surface area contributed by atoms with Gasteiger partial charge in [-0.3, -0.25) is 4.79 Å². The molecular formula is C21H22F2N4O. The predicted molar refractivity (Wildman–Crippen MR) is 104 cm³/mol. The maximum Gasteiger partial charge on any atom is 0.239 e. The minimum absolute atomic E-state index is 0.0316. The number of halogens is 2. The van der Waals surface area contributed by atoms with E-state index in [1.165, 1.54) is 12.1 Å². The molecule has 0 unspecified atom stereocenters. The van der Waals surface area contributed by atoms with E-state index in [1.807, 2.05) is 38.1 Å². The molecule has 0 aliphatic heterocycles. The second kappa shape index (κ2) is 8.31. The van der Waals surface area contributed by atoms with E-state index in [4.69, 9.17) is 0 Å². The standard InChI is InChI=1S/C21H22F2N4O/c1-13-4-7-17(8-5-13)27-20(10-14(2)26-27)25-21(28)12-24-15(3)18-9-6-16(22)11-19(18)23/h4-11,15,24H,12H2,1-3H3,(H,25,28)/t15-/m0/s1. The van der Waals surface area contributed by atoms with Gasteiger partial charge in [-0.15, -0.1) is 0 Å². The molecule has 1 aromatic heterocycles. The van der Waals surface area contributed by atoms with Crippen molar-refractivity contribution in [3.8, 4) is 5.69 Å². The number of carbonyl (C=O) groups is 1. The molecule has 7 heteroatoms. The first-order valence-corrected chi connectivity index (χ1v) is 8.95. The van der Waals surface area contributed by atoms with Gasteiger partial charge < -0.3 is 10.6 Å². The molecule has 0 bridgehead atoms. The van der Waals surface area contributed by atoms with Crippen molar-refractivity contribution in [2.45, 2.75) is 26.8 Å². The molecule has 1 amide bonds. The van der Waals surface area contributed by atoms with Gasteiger partial charge in [-0.2, -0.15) is 5.10 Å². The third kappa shape index (κ3) is 4.61. The van der Waals surface area contributed by atoms with Crippen LogP contribution in [-0.2, 0) is 4.79 Å². The van der Waals surface area contributed by atoms with E-state index < -0.39 is 17.7 Å². The summed E-state index contributed by atoms with van der Waals surface area (Å²) in [5, 5.41) is 10.2. The minimum Gasteiger partial charge on any atom is -0.309 e. The van der Waals surface area contributed by atoms with E-state index in [9.17, 15) is 13.6 Å². The summed E-state index contributed by atoms with van der Waals surface area (Å²) in [6.45, 7) is 5.52. The minimum atomic E-state index is -0.645. The Morgan fingerprint density at radius 2 is 1.82 bits per heavy atom. The lowest BCUT2D eigenvalue weighted by Gasteiger charge is -2.15. The maximum atomic E-state index is 13.9. The molecule has 1 atom stereocenters. The van der Waals surface area contributed by atoms with Crippen molar-refractivity contribution >= 4 is 11.7 Å². The van der Waals surface area contributed by atoms with Crippen molar-refractivity contribution in [2.24, 2.45) is 0 Å². The molecule has 0 aliphatic rings. The molecule has 0 radical (unpaired) electrons. The fourth-order valence-corrected chi connectivity index (χ4v) is 2.87. The summed E-state index contributed by atoms with van der Waals surface area (Å²) in [4.78, 5) is 12.4. The molecule has 0 saturated carbocycles. The lowest BCUT2D eigenvalue weighted by Crippen LogP contribution is -2.31. The Hall–Kier alpha value is -3.06. The SMILES string of the molecule is Cc1ccc(-n2nc(C)cc2NC(=O)CN[C@@H](C)c2ccc(F)cc2F)cc1. The lowest BCUT2D eigenvalue weighted by molar-refractivity contribution is -0.115. The molecule has 3 rings (SSSR count). The van der Waals surface area contributed by atoms with Crippen molar-refractivity contribution in [3.63, 3.8) is 0 Å². The number of hydrogen-bond acceptors (Lipinski definition) is 3. The van der Waals surface area contributed by atoms with Crippen LogP contribution < -0.4 is 10.6 Å². The van der Waals surface area contributed by atoms with Gasteiger partial charge in [0.2, 0.25) is 5.91 Å². The predicted octanol–water partition coefficient (Wildman–Crippen LogP) is 4.06. The Labute approximate surface area is 162 Å². The third-order valence-electron chi connectivity index (χ3n) is 4.38. The highest BCUT2D eigenvalue weighted by molar-refractivity contribution is 5.91. The number of carbonyl (C=O) groups excluding carboxylic acids is 1. The Morgan fingerprint density at radius 3 is 2.50 bits per heavy atom. The quantitative estimate of drug-likeness (QED) is 0.674. The fraction of sp³-hybridized carbons (Fsp3) is 0.238. The van der Waals surface area contributed by atoms with Gasteiger partial charge in [0.25, 0.3) is 0 Å². The zero-order chi connectivity index (χ0) is 20.3. The molecule has 2 N–H and O–H groups in total. The van der Waals surface area contributed by atoms with Gasteiger partial charge in [-0.1, -0.05) is 23.8 Å². The Balaban J connectivity index is 1.66. The van der Waals surface area contributed by atoms with Crippen molar-refractivity contribution in [1.82, 2.24) is 15.1 Å². The fourth-order valence-electron chi connectivity index (χ4n) is 2.87. The second-order valence-electron chi connectivity index (χ2n) is 6.73. The highest BCUT2D eigenvalue weighted by atomic mass is 19.1. The van der Waals surface area contributed by atoms with Crippen LogP contribution in [0.5, 0.6) is 0 Å². The van der Waals surface area contributed by atoms with Crippen molar-refractivity contribution in [1.29, 1.82) is 0 Å². The molecule has 0 fully saturated rings. The summed E-state index contributed by atoms with van der Waals surface area (Å²) < 4.78 is 28.6.